The van der Waals surface area contributed by atoms with Crippen molar-refractivity contribution >= 4 is 57.1 Å². The molecule has 13 N–H and O–H groups in total. The minimum absolute atomic E-state index is 0.0904. The molecule has 630 valence electrons. The predicted molar refractivity (Wildman–Crippen MR) is 437 cm³/mol. The Hall–Kier alpha value is -6.51. The number of phosphoric ester groups is 2. The summed E-state index contributed by atoms with van der Waals surface area (Å²) in [5.74, 6) is -7.43. The monoisotopic (exact) mass is 1600 g/mol. The maximum Gasteiger partial charge on any atom is 0.483 e. The number of carboxylic acid groups (broad SMARTS) is 2. The molecule has 28 heteroatoms. The van der Waals surface area contributed by atoms with Gasteiger partial charge >= 0.3 is 27.6 Å². The highest BCUT2D eigenvalue weighted by Crippen LogP contribution is 2.61. The van der Waals surface area contributed by atoms with Crippen LogP contribution in [0.25, 0.3) is 0 Å². The van der Waals surface area contributed by atoms with Crippen molar-refractivity contribution in [1.82, 2.24) is 26.6 Å². The van der Waals surface area contributed by atoms with E-state index in [2.05, 4.69) is 168 Å². The zero-order chi connectivity index (χ0) is 83.8. The Labute approximate surface area is 662 Å². The van der Waals surface area contributed by atoms with E-state index in [0.717, 1.165) is 135 Å². The summed E-state index contributed by atoms with van der Waals surface area (Å²) in [5.41, 5.74) is 20.5. The first-order valence-corrected chi connectivity index (χ1v) is 42.3. The predicted octanol–water partition coefficient (Wildman–Crippen LogP) is 14.9. The molecule has 0 saturated carbocycles. The molecular weight excluding hydrogens is 1460 g/mol. The number of carbonyl (C=O) groups is 7. The molecule has 0 spiro atoms. The van der Waals surface area contributed by atoms with Gasteiger partial charge < -0.3 is 72.0 Å². The number of rotatable bonds is 57. The molecule has 1 rings (SSSR count). The van der Waals surface area contributed by atoms with Gasteiger partial charge in [0.2, 0.25) is 29.5 Å². The van der Waals surface area contributed by atoms with E-state index in [0.29, 0.717) is 25.7 Å². The second-order valence-corrected chi connectivity index (χ2v) is 32.9. The lowest BCUT2D eigenvalue weighted by Crippen LogP contribution is -2.66. The van der Waals surface area contributed by atoms with Crippen LogP contribution in [0.1, 0.15) is 271 Å². The number of nitrogens with one attached hydrogen (secondary N) is 5. The van der Waals surface area contributed by atoms with Crippen LogP contribution in [0.4, 0.5) is 0 Å². The molecular formula is C83H138N6O20P2. The summed E-state index contributed by atoms with van der Waals surface area (Å²) in [5, 5.41) is 52.0. The number of amides is 5. The summed E-state index contributed by atoms with van der Waals surface area (Å²) in [6.45, 7) is 29.4. The molecule has 0 radical (unpaired) electrons. The van der Waals surface area contributed by atoms with E-state index in [1.54, 1.807) is 6.92 Å². The van der Waals surface area contributed by atoms with Crippen molar-refractivity contribution in [3.63, 3.8) is 0 Å². The number of carbonyl (C=O) groups excluding carboxylic acids is 5. The molecule has 1 aliphatic rings. The van der Waals surface area contributed by atoms with Crippen LogP contribution in [-0.4, -0.2) is 152 Å². The smallest absolute Gasteiger partial charge is 0.480 e. The van der Waals surface area contributed by atoms with Gasteiger partial charge in [-0.05, 0) is 265 Å². The number of unbranched alkanes of at least 4 members (excludes halogenated alkanes) is 1. The van der Waals surface area contributed by atoms with E-state index >= 15 is 0 Å². The molecule has 0 aliphatic carbocycles. The average molecular weight is 1600 g/mol. The van der Waals surface area contributed by atoms with Crippen LogP contribution in [-0.2, 0) is 65.5 Å². The summed E-state index contributed by atoms with van der Waals surface area (Å²) < 4.78 is 52.3. The van der Waals surface area contributed by atoms with Crippen LogP contribution in [0, 0.1) is 0 Å². The summed E-state index contributed by atoms with van der Waals surface area (Å²) in [6, 6.07) is -7.45. The number of hydrogen-bond acceptors (Lipinski definition) is 17. The number of allylic oxidation sites excluding steroid dienone is 21. The van der Waals surface area contributed by atoms with Gasteiger partial charge in [-0.15, -0.1) is 0 Å². The number of phosphoric acid groups is 2. The van der Waals surface area contributed by atoms with Crippen LogP contribution in [0.5, 0.6) is 0 Å². The van der Waals surface area contributed by atoms with Crippen molar-refractivity contribution in [3.8, 4) is 0 Å². The molecule has 12 atom stereocenters. The number of nitrogens with two attached hydrogens (primary N) is 1. The second-order valence-electron chi connectivity index (χ2n) is 29.9. The Kier molecular flexibility index (Phi) is 52.3. The van der Waals surface area contributed by atoms with Gasteiger partial charge in [-0.2, -0.15) is 4.31 Å². The van der Waals surface area contributed by atoms with E-state index in [1.165, 1.54) is 75.7 Å². The Bertz CT molecular complexity index is 3400. The summed E-state index contributed by atoms with van der Waals surface area (Å²) in [7, 11) is -11.1. The first-order chi connectivity index (χ1) is 52.2. The Balaban J connectivity index is 2.66. The second kappa shape index (κ2) is 56.7. The standard InChI is InChI=1S/C83H138N6O20P2/c1-56(2)29-19-30-57(3)31-20-32-58(4)33-21-34-59(5)35-22-36-60(6)37-23-38-61(7)39-24-40-62(8)41-25-42-63(9)43-26-44-64(10)45-27-46-65(11)47-28-48-66(12)52-54-105-110(101,102)109-111(103,104)108-83-75(87-70(16)91)77(76(93)73(55-90)107-83)106-69(15)79(95)85-67(13)78(94)89-72(82(99)100)50-51-74(92)88-71(49-17-18-53-84)80(96)86-68(14)81(97)98/h29,31,33,35,37,39,41,43,45,47,52,67-69,71-73,75-77,83,90,93H,17-28,30,32,34,36,38,40,42,44,46,48-51,53-55,84H2,1-16H3,(H,85,95)(H,86,96)(H,87,91)(H,88,92)(H,89,94)(H,97,98)(H,99,100)(H,101,102)(H,103,104)/b57-31+,58-33+,59-35-,60-37-,61-39-,62-41-,63-43-,64-45-,65-47-,66-52-/t67-,68+,69+,71-,72+,73+,75+,76+,77+,83+/m0/s1. The number of hydrogen-bond donors (Lipinski definition) is 12. The molecule has 1 heterocycles. The van der Waals surface area contributed by atoms with E-state index in [1.807, 2.05) is 0 Å². The molecule has 0 aromatic heterocycles. The summed E-state index contributed by atoms with van der Waals surface area (Å²) in [6.07, 6.45) is 36.2. The van der Waals surface area contributed by atoms with Gasteiger partial charge in [0.25, 0.3) is 0 Å². The number of aliphatic carboxylic acids is 2. The molecule has 0 aromatic carbocycles. The molecule has 111 heavy (non-hydrogen) atoms. The first-order valence-electron chi connectivity index (χ1n) is 39.3. The summed E-state index contributed by atoms with van der Waals surface area (Å²) in [4.78, 5) is 110. The van der Waals surface area contributed by atoms with E-state index < -0.39 is 144 Å². The van der Waals surface area contributed by atoms with Gasteiger partial charge in [-0.3, -0.25) is 37.8 Å². The topological polar surface area (TPSA) is 407 Å². The third kappa shape index (κ3) is 49.0. The molecule has 0 aromatic rings. The maximum atomic E-state index is 13.5. The fourth-order valence-electron chi connectivity index (χ4n) is 11.7. The highest BCUT2D eigenvalue weighted by molar-refractivity contribution is 7.61. The van der Waals surface area contributed by atoms with Gasteiger partial charge in [0.15, 0.2) is 6.29 Å². The maximum absolute atomic E-state index is 13.5. The first kappa shape index (κ1) is 102. The van der Waals surface area contributed by atoms with Gasteiger partial charge in [-0.1, -0.05) is 128 Å². The molecule has 1 fully saturated rings. The fourth-order valence-corrected chi connectivity index (χ4v) is 13.8. The average Bonchev–Trinajstić information content (AvgIpc) is 0.783. The summed E-state index contributed by atoms with van der Waals surface area (Å²) >= 11 is 0. The van der Waals surface area contributed by atoms with Gasteiger partial charge in [0.05, 0.1) is 13.2 Å². The minimum Gasteiger partial charge on any atom is -0.480 e. The van der Waals surface area contributed by atoms with Crippen LogP contribution in [0.3, 0.4) is 0 Å². The Morgan fingerprint density at radius 2 is 0.856 bits per heavy atom. The lowest BCUT2D eigenvalue weighted by Gasteiger charge is -2.44. The molecule has 2 unspecified atom stereocenters. The van der Waals surface area contributed by atoms with Crippen LogP contribution in [0.15, 0.2) is 128 Å². The number of ether oxygens (including phenoxy) is 2. The normalized spacial score (nSPS) is 19.9. The van der Waals surface area contributed by atoms with Crippen molar-refractivity contribution in [2.24, 2.45) is 5.73 Å². The van der Waals surface area contributed by atoms with Gasteiger partial charge in [0, 0.05) is 13.3 Å². The molecule has 26 nitrogen and oxygen atoms in total. The lowest BCUT2D eigenvalue weighted by molar-refractivity contribution is -0.261. The largest absolute Gasteiger partial charge is 0.483 e. The van der Waals surface area contributed by atoms with E-state index in [9.17, 15) is 72.9 Å². The van der Waals surface area contributed by atoms with Crippen molar-refractivity contribution in [1.29, 1.82) is 0 Å². The van der Waals surface area contributed by atoms with Gasteiger partial charge in [-0.25, -0.2) is 13.9 Å². The van der Waals surface area contributed by atoms with E-state index in [-0.39, 0.29) is 13.0 Å². The fraction of sp³-hybridized carbons (Fsp3) is 0.651. The van der Waals surface area contributed by atoms with Crippen LogP contribution < -0.4 is 32.3 Å². The number of carboxylic acids is 2. The molecule has 1 saturated heterocycles. The van der Waals surface area contributed by atoms with Crippen LogP contribution in [0.2, 0.25) is 0 Å². The van der Waals surface area contributed by atoms with Crippen molar-refractivity contribution < 1.29 is 95.7 Å². The highest BCUT2D eigenvalue weighted by atomic mass is 31.3. The molecule has 0 bridgehead atoms. The van der Waals surface area contributed by atoms with Crippen LogP contribution >= 0.6 is 15.6 Å². The highest BCUT2D eigenvalue weighted by Gasteiger charge is 2.51. The Morgan fingerprint density at radius 1 is 0.468 bits per heavy atom. The zero-order valence-electron chi connectivity index (χ0n) is 69.3. The lowest BCUT2D eigenvalue weighted by atomic mass is 9.96. The quantitative estimate of drug-likeness (QED) is 0.0153. The minimum atomic E-state index is -5.73. The molecule has 1 aliphatic heterocycles. The zero-order valence-corrected chi connectivity index (χ0v) is 71.1. The van der Waals surface area contributed by atoms with Crippen molar-refractivity contribution in [2.45, 2.75) is 332 Å². The molecule has 5 amide bonds. The third-order valence-electron chi connectivity index (χ3n) is 18.8. The number of aliphatic hydroxyl groups excluding tert-OH is 2. The van der Waals surface area contributed by atoms with E-state index in [4.69, 9.17) is 24.3 Å². The Morgan fingerprint density at radius 3 is 1.22 bits per heavy atom. The van der Waals surface area contributed by atoms with Crippen molar-refractivity contribution in [3.05, 3.63) is 128 Å². The van der Waals surface area contributed by atoms with Crippen molar-refractivity contribution in [2.75, 3.05) is 19.8 Å². The number of aliphatic hydroxyl groups is 2. The van der Waals surface area contributed by atoms with Gasteiger partial charge in [0.1, 0.15) is 54.6 Å². The third-order valence-corrected chi connectivity index (χ3v) is 21.4. The SMILES string of the molecule is CC(=O)N[C@H]1[C@@H](OP(=O)(O)OP(=O)(O)OC/C=C(/C)CC/C=C(/C)CC/C=C(/C)CC/C=C(/C)CC/C=C(/C)CC/C=C(/C)CC/C=C(/C)CC/C=C(/C)CC/C=C(\C)CC/C=C(\C)CCC=C(C)C)O[C@H](CO)[C@@H](O)[C@@H]1O[C@H](C)C(=O)N[C@@H](C)C(=O)N[C@H](CCC(=O)N[C@@H](CCCCN)C(=O)N[C@H](C)C(=O)O)C(=O)O.